The van der Waals surface area contributed by atoms with Gasteiger partial charge in [-0.05, 0) is 37.1 Å². The van der Waals surface area contributed by atoms with Crippen LogP contribution in [0.2, 0.25) is 5.02 Å². The van der Waals surface area contributed by atoms with Gasteiger partial charge in [0.25, 0.3) is 5.91 Å². The van der Waals surface area contributed by atoms with Crippen molar-refractivity contribution in [3.8, 4) is 0 Å². The summed E-state index contributed by atoms with van der Waals surface area (Å²) < 4.78 is 5.25. The Balaban J connectivity index is 1.75. The van der Waals surface area contributed by atoms with Crippen LogP contribution in [0, 0.1) is 6.92 Å². The van der Waals surface area contributed by atoms with Crippen LogP contribution in [0.1, 0.15) is 23.6 Å². The van der Waals surface area contributed by atoms with E-state index in [2.05, 4.69) is 5.32 Å². The van der Waals surface area contributed by atoms with Gasteiger partial charge in [-0.25, -0.2) is 9.59 Å². The van der Waals surface area contributed by atoms with Crippen molar-refractivity contribution in [1.29, 1.82) is 0 Å². The van der Waals surface area contributed by atoms with Gasteiger partial charge < -0.3 is 9.73 Å². The number of urea groups is 1. The van der Waals surface area contributed by atoms with Crippen molar-refractivity contribution in [2.45, 2.75) is 25.9 Å². The lowest BCUT2D eigenvalue weighted by Crippen LogP contribution is -2.41. The van der Waals surface area contributed by atoms with Gasteiger partial charge in [0.05, 0.1) is 6.54 Å². The van der Waals surface area contributed by atoms with E-state index in [1.165, 1.54) is 6.07 Å². The molecule has 2 heterocycles. The molecule has 0 bridgehead atoms. The number of aryl methyl sites for hydroxylation is 1. The lowest BCUT2D eigenvalue weighted by atomic mass is 9.92. The summed E-state index contributed by atoms with van der Waals surface area (Å²) >= 11 is 6.25. The molecule has 28 heavy (non-hydrogen) atoms. The van der Waals surface area contributed by atoms with Gasteiger partial charge in [-0.3, -0.25) is 9.69 Å². The molecule has 1 saturated heterocycles. The molecule has 6 nitrogen and oxygen atoms in total. The summed E-state index contributed by atoms with van der Waals surface area (Å²) in [6.07, 6.45) is 0. The molecule has 1 fully saturated rings. The summed E-state index contributed by atoms with van der Waals surface area (Å²) in [5.74, 6) is -0.431. The SMILES string of the molecule is Cc1ccc2c(CN3C(=O)NC(C)(c4ccccc4Cl)C3=O)cc(=O)oc2c1. The molecule has 1 atom stereocenters. The number of imide groups is 1. The van der Waals surface area contributed by atoms with Gasteiger partial charge in [-0.2, -0.15) is 0 Å². The predicted molar refractivity (Wildman–Crippen MR) is 105 cm³/mol. The first-order valence-corrected chi connectivity index (χ1v) is 9.10. The Labute approximate surface area is 165 Å². The first kappa shape index (κ1) is 18.3. The number of hydrogen-bond acceptors (Lipinski definition) is 4. The van der Waals surface area contributed by atoms with Crippen LogP contribution < -0.4 is 10.9 Å². The Morgan fingerprint density at radius 2 is 1.86 bits per heavy atom. The average Bonchev–Trinajstić information content (AvgIpc) is 2.85. The molecule has 142 valence electrons. The van der Waals surface area contributed by atoms with Gasteiger partial charge in [0, 0.05) is 22.0 Å². The fraction of sp³-hybridized carbons (Fsp3) is 0.190. The molecule has 1 aromatic heterocycles. The monoisotopic (exact) mass is 396 g/mol. The minimum absolute atomic E-state index is 0.0458. The quantitative estimate of drug-likeness (QED) is 0.540. The Morgan fingerprint density at radius 1 is 1.11 bits per heavy atom. The van der Waals surface area contributed by atoms with Gasteiger partial charge in [0.1, 0.15) is 11.1 Å². The maximum absolute atomic E-state index is 13.2. The van der Waals surface area contributed by atoms with Crippen molar-refractivity contribution >= 4 is 34.5 Å². The molecular weight excluding hydrogens is 380 g/mol. The number of nitrogens with one attached hydrogen (secondary N) is 1. The lowest BCUT2D eigenvalue weighted by molar-refractivity contribution is -0.131. The summed E-state index contributed by atoms with van der Waals surface area (Å²) in [5.41, 5.74) is 0.608. The van der Waals surface area contributed by atoms with Crippen molar-refractivity contribution in [1.82, 2.24) is 10.2 Å². The predicted octanol–water partition coefficient (Wildman–Crippen LogP) is 3.72. The third-order valence-electron chi connectivity index (χ3n) is 5.00. The van der Waals surface area contributed by atoms with E-state index >= 15 is 0 Å². The van der Waals surface area contributed by atoms with Crippen molar-refractivity contribution in [3.05, 3.63) is 80.7 Å². The van der Waals surface area contributed by atoms with E-state index in [-0.39, 0.29) is 6.54 Å². The number of amides is 3. The molecular formula is C21H17ClN2O4. The van der Waals surface area contributed by atoms with Crippen molar-refractivity contribution in [3.63, 3.8) is 0 Å². The number of nitrogens with zero attached hydrogens (tertiary/aromatic N) is 1. The second kappa shape index (κ2) is 6.49. The molecule has 0 aliphatic carbocycles. The fourth-order valence-electron chi connectivity index (χ4n) is 3.53. The zero-order valence-corrected chi connectivity index (χ0v) is 16.0. The van der Waals surface area contributed by atoms with Gasteiger partial charge in [-0.15, -0.1) is 0 Å². The van der Waals surface area contributed by atoms with Crippen molar-refractivity contribution in [2.75, 3.05) is 0 Å². The van der Waals surface area contributed by atoms with Gasteiger partial charge in [0.2, 0.25) is 0 Å². The summed E-state index contributed by atoms with van der Waals surface area (Å²) in [6.45, 7) is 3.46. The summed E-state index contributed by atoms with van der Waals surface area (Å²) in [7, 11) is 0. The molecule has 2 aromatic carbocycles. The molecule has 1 aliphatic heterocycles. The Hall–Kier alpha value is -3.12. The summed E-state index contributed by atoms with van der Waals surface area (Å²) in [5, 5.41) is 3.80. The number of carbonyl (C=O) groups is 2. The van der Waals surface area contributed by atoms with E-state index in [0.717, 1.165) is 10.5 Å². The molecule has 3 amide bonds. The molecule has 4 rings (SSSR count). The highest BCUT2D eigenvalue weighted by molar-refractivity contribution is 6.32. The second-order valence-electron chi connectivity index (χ2n) is 7.02. The van der Waals surface area contributed by atoms with E-state index in [4.69, 9.17) is 16.0 Å². The van der Waals surface area contributed by atoms with E-state index < -0.39 is 23.1 Å². The lowest BCUT2D eigenvalue weighted by Gasteiger charge is -2.23. The Bertz CT molecular complexity index is 1190. The molecule has 0 saturated carbocycles. The van der Waals surface area contributed by atoms with Crippen LogP contribution in [-0.4, -0.2) is 16.8 Å². The largest absolute Gasteiger partial charge is 0.423 e. The zero-order valence-electron chi connectivity index (χ0n) is 15.3. The van der Waals surface area contributed by atoms with Crippen LogP contribution in [0.3, 0.4) is 0 Å². The number of halogens is 1. The molecule has 1 aliphatic rings. The molecule has 0 radical (unpaired) electrons. The fourth-order valence-corrected chi connectivity index (χ4v) is 3.85. The summed E-state index contributed by atoms with van der Waals surface area (Å²) in [6, 6.07) is 13.1. The smallest absolute Gasteiger partial charge is 0.336 e. The van der Waals surface area contributed by atoms with E-state index in [1.54, 1.807) is 37.3 Å². The number of rotatable bonds is 3. The van der Waals surface area contributed by atoms with Crippen LogP contribution in [0.5, 0.6) is 0 Å². The van der Waals surface area contributed by atoms with Crippen molar-refractivity contribution < 1.29 is 14.0 Å². The van der Waals surface area contributed by atoms with Gasteiger partial charge >= 0.3 is 11.7 Å². The normalized spacial score (nSPS) is 19.3. The molecule has 7 heteroatoms. The second-order valence-corrected chi connectivity index (χ2v) is 7.42. The van der Waals surface area contributed by atoms with Crippen LogP contribution in [0.15, 0.2) is 57.7 Å². The maximum atomic E-state index is 13.2. The number of carbonyl (C=O) groups excluding carboxylic acids is 2. The number of benzene rings is 2. The maximum Gasteiger partial charge on any atom is 0.336 e. The summed E-state index contributed by atoms with van der Waals surface area (Å²) in [4.78, 5) is 38.8. The van der Waals surface area contributed by atoms with Crippen LogP contribution >= 0.6 is 11.6 Å². The standard InChI is InChI=1S/C21H17ClN2O4/c1-12-7-8-14-13(10-18(25)28-17(14)9-12)11-24-19(26)21(2,23-20(24)27)15-5-3-4-6-16(15)22/h3-10H,11H2,1-2H3,(H,23,27). The topological polar surface area (TPSA) is 79.6 Å². The van der Waals surface area contributed by atoms with E-state index in [9.17, 15) is 14.4 Å². The minimum Gasteiger partial charge on any atom is -0.423 e. The Morgan fingerprint density at radius 3 is 2.61 bits per heavy atom. The number of hydrogen-bond donors (Lipinski definition) is 1. The molecule has 1 unspecified atom stereocenters. The van der Waals surface area contributed by atoms with Gasteiger partial charge in [0.15, 0.2) is 0 Å². The van der Waals surface area contributed by atoms with Crippen LogP contribution in [-0.2, 0) is 16.9 Å². The zero-order chi connectivity index (χ0) is 20.1. The highest BCUT2D eigenvalue weighted by atomic mass is 35.5. The van der Waals surface area contributed by atoms with E-state index in [1.807, 2.05) is 19.1 Å². The van der Waals surface area contributed by atoms with E-state index in [0.29, 0.717) is 27.1 Å². The first-order chi connectivity index (χ1) is 13.3. The number of fused-ring (bicyclic) bond motifs is 1. The highest BCUT2D eigenvalue weighted by Crippen LogP contribution is 2.34. The first-order valence-electron chi connectivity index (χ1n) is 8.72. The third kappa shape index (κ3) is 2.86. The van der Waals surface area contributed by atoms with Crippen molar-refractivity contribution in [2.24, 2.45) is 0 Å². The minimum atomic E-state index is -1.28. The van der Waals surface area contributed by atoms with Gasteiger partial charge in [-0.1, -0.05) is 41.9 Å². The molecule has 1 N–H and O–H groups in total. The van der Waals surface area contributed by atoms with Crippen LogP contribution in [0.25, 0.3) is 11.0 Å². The highest BCUT2D eigenvalue weighted by Gasteiger charge is 2.49. The molecule has 3 aromatic rings. The Kier molecular flexibility index (Phi) is 4.23. The molecule has 0 spiro atoms. The van der Waals surface area contributed by atoms with Crippen LogP contribution in [0.4, 0.5) is 4.79 Å². The average molecular weight is 397 g/mol. The third-order valence-corrected chi connectivity index (χ3v) is 5.33.